The van der Waals surface area contributed by atoms with Crippen LogP contribution in [0, 0.1) is 0 Å². The van der Waals surface area contributed by atoms with Gasteiger partial charge >= 0.3 is 0 Å². The fourth-order valence-electron chi connectivity index (χ4n) is 1.65. The van der Waals surface area contributed by atoms with E-state index in [1.807, 2.05) is 0 Å². The van der Waals surface area contributed by atoms with Crippen LogP contribution in [-0.4, -0.2) is 41.7 Å². The quantitative estimate of drug-likeness (QED) is 0.697. The van der Waals surface area contributed by atoms with E-state index in [4.69, 9.17) is 9.47 Å². The molecule has 21 heavy (non-hydrogen) atoms. The van der Waals surface area contributed by atoms with Gasteiger partial charge in [-0.3, -0.25) is 4.79 Å². The van der Waals surface area contributed by atoms with Crippen molar-refractivity contribution in [2.75, 3.05) is 32.7 Å². The van der Waals surface area contributed by atoms with Crippen LogP contribution < -0.4 is 14.8 Å². The van der Waals surface area contributed by atoms with Crippen molar-refractivity contribution >= 4 is 21.6 Å². The highest BCUT2D eigenvalue weighted by Crippen LogP contribution is 2.27. The highest BCUT2D eigenvalue weighted by Gasteiger charge is 2.16. The van der Waals surface area contributed by atoms with Gasteiger partial charge in [-0.2, -0.15) is 0 Å². The number of rotatable bonds is 8. The van der Waals surface area contributed by atoms with E-state index in [2.05, 4.69) is 10.0 Å². The predicted molar refractivity (Wildman–Crippen MR) is 79.0 cm³/mol. The zero-order valence-electron chi connectivity index (χ0n) is 12.3. The monoisotopic (exact) mass is 316 g/mol. The van der Waals surface area contributed by atoms with Gasteiger partial charge in [-0.05, 0) is 24.6 Å². The smallest absolute Gasteiger partial charge is 0.240 e. The number of carbonyl (C=O) groups is 1. The fraction of sp³-hybridized carbons (Fsp3) is 0.462. The SMILES string of the molecule is COCCCNS(=O)(=O)c1ccc(OC)c(NC(C)=O)c1. The van der Waals surface area contributed by atoms with Crippen LogP contribution in [0.15, 0.2) is 23.1 Å². The lowest BCUT2D eigenvalue weighted by Crippen LogP contribution is -2.25. The van der Waals surface area contributed by atoms with Crippen molar-refractivity contribution in [2.24, 2.45) is 0 Å². The molecule has 1 aromatic carbocycles. The minimum absolute atomic E-state index is 0.0597. The standard InChI is InChI=1S/C13H20N2O5S/c1-10(16)15-12-9-11(5-6-13(12)20-3)21(17,18)14-7-4-8-19-2/h5-6,9,14H,4,7-8H2,1-3H3,(H,15,16). The Labute approximate surface area is 124 Å². The lowest BCUT2D eigenvalue weighted by Gasteiger charge is -2.12. The van der Waals surface area contributed by atoms with E-state index in [0.29, 0.717) is 24.5 Å². The van der Waals surface area contributed by atoms with E-state index in [1.54, 1.807) is 7.11 Å². The van der Waals surface area contributed by atoms with Gasteiger partial charge in [0.15, 0.2) is 0 Å². The number of ether oxygens (including phenoxy) is 2. The van der Waals surface area contributed by atoms with E-state index >= 15 is 0 Å². The van der Waals surface area contributed by atoms with Crippen LogP contribution in [0.1, 0.15) is 13.3 Å². The van der Waals surface area contributed by atoms with Gasteiger partial charge in [0, 0.05) is 27.2 Å². The summed E-state index contributed by atoms with van der Waals surface area (Å²) in [6.45, 7) is 2.09. The number of nitrogens with one attached hydrogen (secondary N) is 2. The second kappa shape index (κ2) is 7.96. The minimum Gasteiger partial charge on any atom is -0.495 e. The molecule has 0 heterocycles. The molecule has 8 heteroatoms. The molecule has 0 spiro atoms. The fourth-order valence-corrected chi connectivity index (χ4v) is 2.75. The summed E-state index contributed by atoms with van der Waals surface area (Å²) in [5.41, 5.74) is 0.310. The zero-order valence-corrected chi connectivity index (χ0v) is 13.1. The van der Waals surface area contributed by atoms with Crippen molar-refractivity contribution in [3.63, 3.8) is 0 Å². The Balaban J connectivity index is 2.93. The summed E-state index contributed by atoms with van der Waals surface area (Å²) in [6, 6.07) is 4.27. The molecule has 0 radical (unpaired) electrons. The maximum Gasteiger partial charge on any atom is 0.240 e. The van der Waals surface area contributed by atoms with Crippen molar-refractivity contribution in [2.45, 2.75) is 18.2 Å². The number of hydrogen-bond donors (Lipinski definition) is 2. The average molecular weight is 316 g/mol. The molecule has 1 aromatic rings. The average Bonchev–Trinajstić information content (AvgIpc) is 2.43. The number of hydrogen-bond acceptors (Lipinski definition) is 5. The van der Waals surface area contributed by atoms with Gasteiger partial charge in [0.25, 0.3) is 0 Å². The Bertz CT molecular complexity index is 586. The molecule has 0 atom stereocenters. The highest BCUT2D eigenvalue weighted by atomic mass is 32.2. The van der Waals surface area contributed by atoms with Crippen LogP contribution in [0.2, 0.25) is 0 Å². The summed E-state index contributed by atoms with van der Waals surface area (Å²) in [5, 5.41) is 2.54. The normalized spacial score (nSPS) is 11.2. The molecule has 118 valence electrons. The molecule has 0 bridgehead atoms. The van der Waals surface area contributed by atoms with Crippen LogP contribution in [0.4, 0.5) is 5.69 Å². The minimum atomic E-state index is -3.64. The van der Waals surface area contributed by atoms with Crippen molar-refractivity contribution in [1.29, 1.82) is 0 Å². The third-order valence-corrected chi connectivity index (χ3v) is 4.07. The summed E-state index contributed by atoms with van der Waals surface area (Å²) in [5.74, 6) is 0.0828. The Kier molecular flexibility index (Phi) is 6.60. The molecule has 1 amide bonds. The Hall–Kier alpha value is -1.64. The number of amides is 1. The largest absolute Gasteiger partial charge is 0.495 e. The third kappa shape index (κ3) is 5.33. The van der Waals surface area contributed by atoms with Gasteiger partial charge in [-0.25, -0.2) is 13.1 Å². The molecule has 0 unspecified atom stereocenters. The van der Waals surface area contributed by atoms with Crippen molar-refractivity contribution in [3.8, 4) is 5.75 Å². The number of carbonyl (C=O) groups excluding carboxylic acids is 1. The second-order valence-electron chi connectivity index (χ2n) is 4.29. The van der Waals surface area contributed by atoms with Gasteiger partial charge in [-0.15, -0.1) is 0 Å². The molecule has 0 aromatic heterocycles. The summed E-state index contributed by atoms with van der Waals surface area (Å²) >= 11 is 0. The molecular formula is C13H20N2O5S. The number of benzene rings is 1. The van der Waals surface area contributed by atoms with Crippen LogP contribution in [0.5, 0.6) is 5.75 Å². The summed E-state index contributed by atoms with van der Waals surface area (Å²) < 4.78 is 36.7. The lowest BCUT2D eigenvalue weighted by molar-refractivity contribution is -0.114. The first-order valence-electron chi connectivity index (χ1n) is 6.35. The molecule has 0 aliphatic carbocycles. The van der Waals surface area contributed by atoms with Crippen LogP contribution >= 0.6 is 0 Å². The van der Waals surface area contributed by atoms with Gasteiger partial charge in [0.2, 0.25) is 15.9 Å². The van der Waals surface area contributed by atoms with E-state index in [9.17, 15) is 13.2 Å². The van der Waals surface area contributed by atoms with Crippen LogP contribution in [0.3, 0.4) is 0 Å². The summed E-state index contributed by atoms with van der Waals surface area (Å²) in [7, 11) is -0.641. The van der Waals surface area contributed by atoms with Crippen molar-refractivity contribution < 1.29 is 22.7 Å². The second-order valence-corrected chi connectivity index (χ2v) is 6.05. The van der Waals surface area contributed by atoms with Gasteiger partial charge in [0.05, 0.1) is 17.7 Å². The van der Waals surface area contributed by atoms with Gasteiger partial charge < -0.3 is 14.8 Å². The maximum atomic E-state index is 12.1. The first kappa shape index (κ1) is 17.4. The van der Waals surface area contributed by atoms with Crippen molar-refractivity contribution in [3.05, 3.63) is 18.2 Å². The predicted octanol–water partition coefficient (Wildman–Crippen LogP) is 0.968. The van der Waals surface area contributed by atoms with Crippen molar-refractivity contribution in [1.82, 2.24) is 4.72 Å². The van der Waals surface area contributed by atoms with Gasteiger partial charge in [-0.1, -0.05) is 0 Å². The number of anilines is 1. The van der Waals surface area contributed by atoms with E-state index in [0.717, 1.165) is 0 Å². The summed E-state index contributed by atoms with van der Waals surface area (Å²) in [4.78, 5) is 11.2. The lowest BCUT2D eigenvalue weighted by atomic mass is 10.3. The Morgan fingerprint density at radius 2 is 2.00 bits per heavy atom. The number of methoxy groups -OCH3 is 2. The van der Waals surface area contributed by atoms with E-state index in [1.165, 1.54) is 32.2 Å². The van der Waals surface area contributed by atoms with E-state index < -0.39 is 10.0 Å². The van der Waals surface area contributed by atoms with Crippen LogP contribution in [0.25, 0.3) is 0 Å². The first-order chi connectivity index (χ1) is 9.90. The Morgan fingerprint density at radius 3 is 2.57 bits per heavy atom. The summed E-state index contributed by atoms with van der Waals surface area (Å²) in [6.07, 6.45) is 0.574. The molecule has 0 aliphatic heterocycles. The highest BCUT2D eigenvalue weighted by molar-refractivity contribution is 7.89. The molecule has 7 nitrogen and oxygen atoms in total. The topological polar surface area (TPSA) is 93.7 Å². The maximum absolute atomic E-state index is 12.1. The Morgan fingerprint density at radius 1 is 1.29 bits per heavy atom. The molecule has 2 N–H and O–H groups in total. The van der Waals surface area contributed by atoms with Gasteiger partial charge in [0.1, 0.15) is 5.75 Å². The molecule has 1 rings (SSSR count). The third-order valence-electron chi connectivity index (χ3n) is 2.61. The van der Waals surface area contributed by atoms with E-state index in [-0.39, 0.29) is 17.3 Å². The molecule has 0 saturated heterocycles. The molecular weight excluding hydrogens is 296 g/mol. The molecule has 0 saturated carbocycles. The molecule has 0 fully saturated rings. The first-order valence-corrected chi connectivity index (χ1v) is 7.83. The van der Waals surface area contributed by atoms with Crippen LogP contribution in [-0.2, 0) is 19.6 Å². The zero-order chi connectivity index (χ0) is 15.9. The molecule has 0 aliphatic rings. The number of sulfonamides is 1.